The van der Waals surface area contributed by atoms with E-state index >= 15 is 0 Å². The number of aromatic hydroxyl groups is 1. The van der Waals surface area contributed by atoms with Gasteiger partial charge in [0.1, 0.15) is 0 Å². The number of ether oxygens (including phenoxy) is 1. The van der Waals surface area contributed by atoms with Gasteiger partial charge in [-0.05, 0) is 13.0 Å². The third kappa shape index (κ3) is 2.40. The van der Waals surface area contributed by atoms with Gasteiger partial charge in [0.05, 0.1) is 18.5 Å². The van der Waals surface area contributed by atoms with Crippen molar-refractivity contribution >= 4 is 5.69 Å². The van der Waals surface area contributed by atoms with Crippen LogP contribution in [-0.4, -0.2) is 22.0 Å². The number of phenols is 1. The largest absolute Gasteiger partial charge is 0.504 e. The summed E-state index contributed by atoms with van der Waals surface area (Å²) in [7, 11) is 3.42. The van der Waals surface area contributed by atoms with Gasteiger partial charge in [0, 0.05) is 25.4 Å². The molecule has 96 valence electrons. The molecular weight excluding hydrogens is 230 g/mol. The summed E-state index contributed by atoms with van der Waals surface area (Å²) >= 11 is 0. The molecule has 0 unspecified atom stereocenters. The molecule has 5 nitrogen and oxygen atoms in total. The average Bonchev–Trinajstić information content (AvgIpc) is 2.66. The van der Waals surface area contributed by atoms with Gasteiger partial charge >= 0.3 is 0 Å². The number of aromatic nitrogens is 2. The molecule has 5 heteroatoms. The van der Waals surface area contributed by atoms with Crippen LogP contribution in [0.4, 0.5) is 5.69 Å². The van der Waals surface area contributed by atoms with E-state index in [1.165, 1.54) is 7.11 Å². The molecule has 0 spiro atoms. The van der Waals surface area contributed by atoms with Crippen LogP contribution >= 0.6 is 0 Å². The predicted octanol–water partition coefficient (Wildman–Crippen LogP) is 2.05. The number of anilines is 1. The molecular formula is C13H17N3O2. The Morgan fingerprint density at radius 3 is 2.83 bits per heavy atom. The number of hydrogen-bond acceptors (Lipinski definition) is 4. The zero-order chi connectivity index (χ0) is 13.1. The zero-order valence-corrected chi connectivity index (χ0v) is 10.8. The van der Waals surface area contributed by atoms with Gasteiger partial charge in [0.25, 0.3) is 0 Å². The van der Waals surface area contributed by atoms with E-state index in [2.05, 4.69) is 10.4 Å². The SMILES string of the molecule is COc1cccc(CNc2cn(C)nc2C)c1O. The fourth-order valence-electron chi connectivity index (χ4n) is 1.84. The van der Waals surface area contributed by atoms with Crippen LogP contribution in [0.15, 0.2) is 24.4 Å². The zero-order valence-electron chi connectivity index (χ0n) is 10.8. The van der Waals surface area contributed by atoms with Gasteiger partial charge in [-0.25, -0.2) is 0 Å². The maximum absolute atomic E-state index is 9.96. The van der Waals surface area contributed by atoms with Gasteiger partial charge < -0.3 is 15.2 Å². The third-order valence-corrected chi connectivity index (χ3v) is 2.79. The van der Waals surface area contributed by atoms with Gasteiger partial charge in [0.15, 0.2) is 11.5 Å². The maximum Gasteiger partial charge on any atom is 0.162 e. The van der Waals surface area contributed by atoms with Crippen LogP contribution < -0.4 is 10.1 Å². The molecule has 0 aliphatic rings. The molecule has 0 aliphatic heterocycles. The summed E-state index contributed by atoms with van der Waals surface area (Å²) in [5.74, 6) is 0.659. The topological polar surface area (TPSA) is 59.3 Å². The number of rotatable bonds is 4. The first kappa shape index (κ1) is 12.3. The van der Waals surface area contributed by atoms with Crippen LogP contribution in [0.5, 0.6) is 11.5 Å². The van der Waals surface area contributed by atoms with Crippen LogP contribution in [0.25, 0.3) is 0 Å². The molecule has 0 saturated carbocycles. The van der Waals surface area contributed by atoms with E-state index < -0.39 is 0 Å². The van der Waals surface area contributed by atoms with E-state index in [0.717, 1.165) is 16.9 Å². The number of aryl methyl sites for hydroxylation is 2. The van der Waals surface area contributed by atoms with Crippen LogP contribution in [0.2, 0.25) is 0 Å². The highest BCUT2D eigenvalue weighted by molar-refractivity contribution is 5.50. The van der Waals surface area contributed by atoms with E-state index in [9.17, 15) is 5.11 Å². The van der Waals surface area contributed by atoms with E-state index in [-0.39, 0.29) is 5.75 Å². The van der Waals surface area contributed by atoms with Crippen molar-refractivity contribution in [1.82, 2.24) is 9.78 Å². The van der Waals surface area contributed by atoms with Crippen molar-refractivity contribution in [2.24, 2.45) is 7.05 Å². The number of nitrogens with zero attached hydrogens (tertiary/aromatic N) is 2. The maximum atomic E-state index is 9.96. The first-order valence-electron chi connectivity index (χ1n) is 5.70. The molecule has 1 aromatic carbocycles. The molecule has 1 aromatic heterocycles. The first-order chi connectivity index (χ1) is 8.61. The number of para-hydroxylation sites is 1. The van der Waals surface area contributed by atoms with Crippen molar-refractivity contribution in [3.63, 3.8) is 0 Å². The summed E-state index contributed by atoms with van der Waals surface area (Å²) in [6.07, 6.45) is 1.91. The highest BCUT2D eigenvalue weighted by Gasteiger charge is 2.08. The number of hydrogen-bond donors (Lipinski definition) is 2. The van der Waals surface area contributed by atoms with Crippen molar-refractivity contribution < 1.29 is 9.84 Å². The number of benzene rings is 1. The smallest absolute Gasteiger partial charge is 0.162 e. The van der Waals surface area contributed by atoms with E-state index in [0.29, 0.717) is 12.3 Å². The van der Waals surface area contributed by atoms with Gasteiger partial charge in [-0.15, -0.1) is 0 Å². The normalized spacial score (nSPS) is 10.4. The van der Waals surface area contributed by atoms with Crippen LogP contribution in [0.3, 0.4) is 0 Å². The molecule has 0 amide bonds. The predicted molar refractivity (Wildman–Crippen MR) is 69.9 cm³/mol. The minimum absolute atomic E-state index is 0.175. The van der Waals surface area contributed by atoms with Gasteiger partial charge in [-0.2, -0.15) is 5.10 Å². The van der Waals surface area contributed by atoms with Crippen molar-refractivity contribution in [1.29, 1.82) is 0 Å². The summed E-state index contributed by atoms with van der Waals surface area (Å²) in [5, 5.41) is 17.4. The fourth-order valence-corrected chi connectivity index (χ4v) is 1.84. The Hall–Kier alpha value is -2.17. The lowest BCUT2D eigenvalue weighted by atomic mass is 10.2. The lowest BCUT2D eigenvalue weighted by molar-refractivity contribution is 0.371. The molecule has 2 N–H and O–H groups in total. The number of nitrogens with one attached hydrogen (secondary N) is 1. The van der Waals surface area contributed by atoms with Gasteiger partial charge in [0.2, 0.25) is 0 Å². The molecule has 0 saturated heterocycles. The number of phenolic OH excluding ortho intramolecular Hbond substituents is 1. The van der Waals surface area contributed by atoms with Crippen LogP contribution in [-0.2, 0) is 13.6 Å². The van der Waals surface area contributed by atoms with Crippen molar-refractivity contribution in [2.45, 2.75) is 13.5 Å². The first-order valence-corrected chi connectivity index (χ1v) is 5.70. The molecule has 2 rings (SSSR count). The van der Waals surface area contributed by atoms with Crippen LogP contribution in [0.1, 0.15) is 11.3 Å². The average molecular weight is 247 g/mol. The summed E-state index contributed by atoms with van der Waals surface area (Å²) in [6, 6.07) is 5.44. The van der Waals surface area contributed by atoms with Gasteiger partial charge in [-0.3, -0.25) is 4.68 Å². The van der Waals surface area contributed by atoms with Crippen LogP contribution in [0, 0.1) is 6.92 Å². The molecule has 0 fully saturated rings. The standard InChI is InChI=1S/C13H17N3O2/c1-9-11(8-16(2)15-9)14-7-10-5-4-6-12(18-3)13(10)17/h4-6,8,14,17H,7H2,1-3H3. The van der Waals surface area contributed by atoms with Crippen molar-refractivity contribution in [3.8, 4) is 11.5 Å². The second-order valence-corrected chi connectivity index (χ2v) is 4.12. The highest BCUT2D eigenvalue weighted by atomic mass is 16.5. The Bertz CT molecular complexity index is 549. The minimum Gasteiger partial charge on any atom is -0.504 e. The van der Waals surface area contributed by atoms with E-state index in [4.69, 9.17) is 4.74 Å². The molecule has 0 atom stereocenters. The Labute approximate surface area is 106 Å². The lowest BCUT2D eigenvalue weighted by Gasteiger charge is -2.09. The molecule has 1 heterocycles. The summed E-state index contributed by atoms with van der Waals surface area (Å²) in [5.41, 5.74) is 2.68. The van der Waals surface area contributed by atoms with E-state index in [1.54, 1.807) is 10.7 Å². The molecule has 18 heavy (non-hydrogen) atoms. The lowest BCUT2D eigenvalue weighted by Crippen LogP contribution is -2.00. The number of methoxy groups -OCH3 is 1. The second kappa shape index (κ2) is 5.00. The molecule has 0 bridgehead atoms. The molecule has 0 aliphatic carbocycles. The Morgan fingerprint density at radius 1 is 1.44 bits per heavy atom. The Kier molecular flexibility index (Phi) is 3.41. The summed E-state index contributed by atoms with van der Waals surface area (Å²) in [4.78, 5) is 0. The second-order valence-electron chi connectivity index (χ2n) is 4.12. The van der Waals surface area contributed by atoms with Gasteiger partial charge in [-0.1, -0.05) is 12.1 Å². The minimum atomic E-state index is 0.175. The highest BCUT2D eigenvalue weighted by Crippen LogP contribution is 2.29. The fraction of sp³-hybridized carbons (Fsp3) is 0.308. The third-order valence-electron chi connectivity index (χ3n) is 2.79. The Morgan fingerprint density at radius 2 is 2.22 bits per heavy atom. The molecule has 2 aromatic rings. The van der Waals surface area contributed by atoms with Crippen molar-refractivity contribution in [3.05, 3.63) is 35.7 Å². The van der Waals surface area contributed by atoms with Crippen molar-refractivity contribution in [2.75, 3.05) is 12.4 Å². The van der Waals surface area contributed by atoms with E-state index in [1.807, 2.05) is 32.3 Å². The molecule has 0 radical (unpaired) electrons. The Balaban J connectivity index is 2.13. The summed E-state index contributed by atoms with van der Waals surface area (Å²) < 4.78 is 6.82. The quantitative estimate of drug-likeness (QED) is 0.868. The monoisotopic (exact) mass is 247 g/mol. The summed E-state index contributed by atoms with van der Waals surface area (Å²) in [6.45, 7) is 2.46.